The number of hydrogen-bond acceptors (Lipinski definition) is 3. The molecule has 25 heavy (non-hydrogen) atoms. The molecule has 0 saturated carbocycles. The van der Waals surface area contributed by atoms with E-state index >= 15 is 0 Å². The number of benzene rings is 1. The largest absolute Gasteiger partial charge is 0.372 e. The fraction of sp³-hybridized carbons (Fsp3) is 0.455. The Bertz CT molecular complexity index is 674. The van der Waals surface area contributed by atoms with Gasteiger partial charge in [0, 0.05) is 18.4 Å². The van der Waals surface area contributed by atoms with Gasteiger partial charge in [0.2, 0.25) is 0 Å². The molecule has 0 spiro atoms. The maximum atomic E-state index is 3.31. The Hall–Kier alpha value is -2.16. The molecule has 134 valence electrons. The lowest BCUT2D eigenvalue weighted by Gasteiger charge is -2.29. The number of hydrogen-bond donors (Lipinski definition) is 2. The van der Waals surface area contributed by atoms with Crippen LogP contribution in [0.3, 0.4) is 0 Å². The molecule has 1 fully saturated rings. The maximum absolute atomic E-state index is 3.31. The van der Waals surface area contributed by atoms with Gasteiger partial charge in [-0.3, -0.25) is 0 Å². The summed E-state index contributed by atoms with van der Waals surface area (Å²) in [6.45, 7) is 10.9. The minimum atomic E-state index is 0.205. The van der Waals surface area contributed by atoms with Crippen LogP contribution in [0.25, 0.3) is 0 Å². The van der Waals surface area contributed by atoms with Gasteiger partial charge in [-0.2, -0.15) is 0 Å². The van der Waals surface area contributed by atoms with E-state index < -0.39 is 0 Å². The first-order chi connectivity index (χ1) is 12.0. The van der Waals surface area contributed by atoms with Gasteiger partial charge in [-0.15, -0.1) is 0 Å². The summed E-state index contributed by atoms with van der Waals surface area (Å²) in [6, 6.07) is 9.63. The molecular weight excluding hydrogens is 306 g/mol. The summed E-state index contributed by atoms with van der Waals surface area (Å²) in [6.07, 6.45) is 11.2. The van der Waals surface area contributed by atoms with Crippen molar-refractivity contribution in [1.82, 2.24) is 10.6 Å². The summed E-state index contributed by atoms with van der Waals surface area (Å²) in [7, 11) is 0. The second-order valence-electron chi connectivity index (χ2n) is 7.93. The molecule has 2 N–H and O–H groups in total. The van der Waals surface area contributed by atoms with Crippen molar-refractivity contribution in [2.45, 2.75) is 52.0 Å². The van der Waals surface area contributed by atoms with Gasteiger partial charge < -0.3 is 15.5 Å². The van der Waals surface area contributed by atoms with Gasteiger partial charge in [-0.05, 0) is 54.5 Å². The molecule has 0 unspecified atom stereocenters. The predicted molar refractivity (Wildman–Crippen MR) is 108 cm³/mol. The van der Waals surface area contributed by atoms with Crippen LogP contribution in [0.5, 0.6) is 0 Å². The van der Waals surface area contributed by atoms with E-state index in [2.05, 4.69) is 85.7 Å². The van der Waals surface area contributed by atoms with E-state index in [0.29, 0.717) is 6.04 Å². The lowest BCUT2D eigenvalue weighted by atomic mass is 9.87. The van der Waals surface area contributed by atoms with E-state index in [4.69, 9.17) is 0 Å². The van der Waals surface area contributed by atoms with Gasteiger partial charge in [-0.1, -0.05) is 45.1 Å². The van der Waals surface area contributed by atoms with Crippen LogP contribution in [0.4, 0.5) is 5.69 Å². The van der Waals surface area contributed by atoms with Crippen LogP contribution >= 0.6 is 0 Å². The zero-order valence-electron chi connectivity index (χ0n) is 16.0. The van der Waals surface area contributed by atoms with E-state index in [0.717, 1.165) is 18.9 Å². The molecule has 0 aromatic heterocycles. The maximum Gasteiger partial charge on any atom is 0.0845 e. The lowest BCUT2D eigenvalue weighted by molar-refractivity contribution is 0.590. The lowest BCUT2D eigenvalue weighted by Crippen LogP contribution is -2.30. The molecule has 2 heterocycles. The van der Waals surface area contributed by atoms with Crippen molar-refractivity contribution >= 4 is 5.69 Å². The van der Waals surface area contributed by atoms with E-state index in [1.165, 1.54) is 29.7 Å². The number of nitrogens with zero attached hydrogens (tertiary/aromatic N) is 1. The highest BCUT2D eigenvalue weighted by Crippen LogP contribution is 2.32. The number of rotatable bonds is 4. The molecule has 1 saturated heterocycles. The molecular formula is C22H31N3. The smallest absolute Gasteiger partial charge is 0.0845 e. The van der Waals surface area contributed by atoms with Crippen LogP contribution in [0.2, 0.25) is 0 Å². The minimum Gasteiger partial charge on any atom is -0.372 e. The van der Waals surface area contributed by atoms with Crippen LogP contribution in [0.1, 0.15) is 46.1 Å². The molecule has 1 atom stereocenters. The summed E-state index contributed by atoms with van der Waals surface area (Å²) in [5.41, 5.74) is 5.48. The normalized spacial score (nSPS) is 21.4. The molecule has 0 radical (unpaired) electrons. The monoisotopic (exact) mass is 337 g/mol. The average molecular weight is 338 g/mol. The Morgan fingerprint density at radius 3 is 2.56 bits per heavy atom. The highest BCUT2D eigenvalue weighted by molar-refractivity contribution is 5.53. The Morgan fingerprint density at radius 2 is 1.96 bits per heavy atom. The zero-order valence-corrected chi connectivity index (χ0v) is 16.0. The molecule has 3 heteroatoms. The quantitative estimate of drug-likeness (QED) is 0.795. The SMILES string of the molecule is C/C=C(\C=C/C1=CNCN1)[C@H]1CCCN1c1ccc(C(C)(C)C)cc1. The van der Waals surface area contributed by atoms with Gasteiger partial charge in [0.05, 0.1) is 18.4 Å². The van der Waals surface area contributed by atoms with Gasteiger partial charge in [0.1, 0.15) is 0 Å². The fourth-order valence-electron chi connectivity index (χ4n) is 3.63. The molecule has 3 nitrogen and oxygen atoms in total. The molecule has 1 aromatic carbocycles. The van der Waals surface area contributed by atoms with E-state index in [1.54, 1.807) is 0 Å². The van der Waals surface area contributed by atoms with E-state index in [1.807, 2.05) is 6.20 Å². The first-order valence-electron chi connectivity index (χ1n) is 9.38. The summed E-state index contributed by atoms with van der Waals surface area (Å²) in [4.78, 5) is 2.56. The number of allylic oxidation sites excluding steroid dienone is 2. The summed E-state index contributed by atoms with van der Waals surface area (Å²) in [5.74, 6) is 0. The van der Waals surface area contributed by atoms with Crippen LogP contribution in [-0.2, 0) is 5.41 Å². The van der Waals surface area contributed by atoms with Gasteiger partial charge >= 0.3 is 0 Å². The number of nitrogens with one attached hydrogen (secondary N) is 2. The highest BCUT2D eigenvalue weighted by atomic mass is 15.2. The molecule has 2 aliphatic rings. The second kappa shape index (κ2) is 7.38. The van der Waals surface area contributed by atoms with Crippen molar-refractivity contribution < 1.29 is 0 Å². The predicted octanol–water partition coefficient (Wildman–Crippen LogP) is 4.45. The highest BCUT2D eigenvalue weighted by Gasteiger charge is 2.27. The Labute approximate surface area is 152 Å². The third kappa shape index (κ3) is 4.09. The number of anilines is 1. The fourth-order valence-corrected chi connectivity index (χ4v) is 3.63. The standard InChI is InChI=1S/C22H31N3/c1-5-17(8-11-19-15-23-16-24-19)21-7-6-14-25(21)20-12-9-18(10-13-20)22(2,3)4/h5,8-13,15,21,23-24H,6-7,14,16H2,1-4H3/b11-8-,17-5+/t21-/m1/s1. The first kappa shape index (κ1) is 17.7. The first-order valence-corrected chi connectivity index (χ1v) is 9.38. The van der Waals surface area contributed by atoms with E-state index in [-0.39, 0.29) is 5.41 Å². The van der Waals surface area contributed by atoms with Crippen molar-refractivity contribution in [2.75, 3.05) is 18.1 Å². The van der Waals surface area contributed by atoms with Crippen LogP contribution in [0.15, 0.2) is 60.0 Å². The van der Waals surface area contributed by atoms with Crippen molar-refractivity contribution in [3.05, 3.63) is 65.5 Å². The van der Waals surface area contributed by atoms with Crippen molar-refractivity contribution in [3.8, 4) is 0 Å². The molecule has 0 aliphatic carbocycles. The Morgan fingerprint density at radius 1 is 1.20 bits per heavy atom. The summed E-state index contributed by atoms with van der Waals surface area (Å²) < 4.78 is 0. The van der Waals surface area contributed by atoms with Crippen LogP contribution in [-0.4, -0.2) is 19.3 Å². The Kier molecular flexibility index (Phi) is 5.22. The van der Waals surface area contributed by atoms with Crippen molar-refractivity contribution in [2.24, 2.45) is 0 Å². The Balaban J connectivity index is 1.77. The van der Waals surface area contributed by atoms with Gasteiger partial charge in [0.15, 0.2) is 0 Å². The van der Waals surface area contributed by atoms with Crippen molar-refractivity contribution in [3.63, 3.8) is 0 Å². The topological polar surface area (TPSA) is 27.3 Å². The molecule has 1 aromatic rings. The van der Waals surface area contributed by atoms with E-state index in [9.17, 15) is 0 Å². The molecule has 0 amide bonds. The third-order valence-corrected chi connectivity index (χ3v) is 5.14. The minimum absolute atomic E-state index is 0.205. The summed E-state index contributed by atoms with van der Waals surface area (Å²) in [5, 5.41) is 6.49. The van der Waals surface area contributed by atoms with Crippen LogP contribution in [0, 0.1) is 0 Å². The third-order valence-electron chi connectivity index (χ3n) is 5.14. The van der Waals surface area contributed by atoms with Crippen LogP contribution < -0.4 is 15.5 Å². The van der Waals surface area contributed by atoms with Gasteiger partial charge in [0.25, 0.3) is 0 Å². The molecule has 2 aliphatic heterocycles. The van der Waals surface area contributed by atoms with Crippen molar-refractivity contribution in [1.29, 1.82) is 0 Å². The molecule has 0 bridgehead atoms. The summed E-state index contributed by atoms with van der Waals surface area (Å²) >= 11 is 0. The zero-order chi connectivity index (χ0) is 17.9. The van der Waals surface area contributed by atoms with Gasteiger partial charge in [-0.25, -0.2) is 0 Å². The second-order valence-corrected chi connectivity index (χ2v) is 7.93. The molecule has 3 rings (SSSR count). The average Bonchev–Trinajstić information content (AvgIpc) is 3.26.